The molecule has 160 valence electrons. The largest absolute Gasteiger partial charge is 0.391 e. The number of hydrogen-bond acceptors (Lipinski definition) is 5. The molecule has 3 heterocycles. The maximum atomic E-state index is 13.0. The van der Waals surface area contributed by atoms with Gasteiger partial charge in [-0.05, 0) is 53.4 Å². The van der Waals surface area contributed by atoms with Crippen LogP contribution in [0, 0.1) is 5.92 Å². The number of halogens is 3. The second-order valence-corrected chi connectivity index (χ2v) is 7.81. The van der Waals surface area contributed by atoms with Crippen molar-refractivity contribution in [2.45, 2.75) is 19.0 Å². The van der Waals surface area contributed by atoms with Crippen LogP contribution >= 0.6 is 0 Å². The van der Waals surface area contributed by atoms with E-state index < -0.39 is 12.1 Å². The van der Waals surface area contributed by atoms with E-state index in [1.165, 1.54) is 0 Å². The molecule has 4 aromatic rings. The molecule has 1 saturated heterocycles. The Kier molecular flexibility index (Phi) is 4.64. The van der Waals surface area contributed by atoms with Crippen LogP contribution in [0.5, 0.6) is 0 Å². The fourth-order valence-corrected chi connectivity index (χ4v) is 4.24. The summed E-state index contributed by atoms with van der Waals surface area (Å²) in [5.41, 5.74) is 4.54. The average Bonchev–Trinajstić information content (AvgIpc) is 3.43. The third-order valence-corrected chi connectivity index (χ3v) is 5.97. The third-order valence-electron chi connectivity index (χ3n) is 5.97. The van der Waals surface area contributed by atoms with Crippen molar-refractivity contribution in [2.75, 3.05) is 18.0 Å². The van der Waals surface area contributed by atoms with E-state index in [0.29, 0.717) is 18.9 Å². The number of nitrogens with one attached hydrogen (secondary N) is 1. The first-order valence-corrected chi connectivity index (χ1v) is 10.0. The second kappa shape index (κ2) is 7.36. The minimum atomic E-state index is -4.13. The number of aromatic nitrogens is 6. The van der Waals surface area contributed by atoms with E-state index in [1.54, 1.807) is 0 Å². The van der Waals surface area contributed by atoms with Crippen molar-refractivity contribution in [1.82, 2.24) is 30.4 Å². The summed E-state index contributed by atoms with van der Waals surface area (Å²) >= 11 is 0. The first-order valence-electron chi connectivity index (χ1n) is 10.0. The molecule has 0 atom stereocenters. The van der Waals surface area contributed by atoms with E-state index in [-0.39, 0.29) is 12.8 Å². The molecule has 0 bridgehead atoms. The van der Waals surface area contributed by atoms with Gasteiger partial charge in [0, 0.05) is 36.8 Å². The number of nitrogens with zero attached hydrogens (tertiary/aromatic N) is 6. The zero-order valence-corrected chi connectivity index (χ0v) is 16.8. The van der Waals surface area contributed by atoms with E-state index in [2.05, 4.69) is 31.8 Å². The third kappa shape index (κ3) is 3.62. The molecule has 2 aromatic heterocycles. The molecule has 7 nitrogen and oxygen atoms in total. The van der Waals surface area contributed by atoms with Crippen molar-refractivity contribution >= 4 is 16.6 Å². The molecule has 1 aliphatic heterocycles. The first-order chi connectivity index (χ1) is 14.9. The molecule has 0 unspecified atom stereocenters. The molecule has 0 amide bonds. The Labute approximate surface area is 175 Å². The SMILES string of the molecule is Cn1ncc2cc(-c3ccc(N4CCC(C(F)(F)F)CC4)cc3-c3nn[nH]n3)ccc21. The van der Waals surface area contributed by atoms with Crippen molar-refractivity contribution < 1.29 is 13.2 Å². The number of benzene rings is 2. The molecule has 0 spiro atoms. The zero-order valence-electron chi connectivity index (χ0n) is 16.8. The number of piperidine rings is 1. The summed E-state index contributed by atoms with van der Waals surface area (Å²) in [6, 6.07) is 11.9. The molecule has 1 aliphatic rings. The van der Waals surface area contributed by atoms with Gasteiger partial charge in [-0.15, -0.1) is 10.2 Å². The molecule has 5 rings (SSSR count). The van der Waals surface area contributed by atoms with Crippen molar-refractivity contribution in [3.63, 3.8) is 0 Å². The van der Waals surface area contributed by atoms with Crippen LogP contribution in [0.2, 0.25) is 0 Å². The number of tetrazole rings is 1. The van der Waals surface area contributed by atoms with Crippen LogP contribution in [0.15, 0.2) is 42.6 Å². The Balaban J connectivity index is 1.51. The first kappa shape index (κ1) is 19.5. The molecule has 10 heteroatoms. The highest BCUT2D eigenvalue weighted by Gasteiger charge is 2.41. The van der Waals surface area contributed by atoms with Crippen molar-refractivity contribution in [1.29, 1.82) is 0 Å². The van der Waals surface area contributed by atoms with Gasteiger partial charge in [0.2, 0.25) is 5.82 Å². The lowest BCUT2D eigenvalue weighted by Crippen LogP contribution is -2.39. The molecule has 0 aliphatic carbocycles. The smallest absolute Gasteiger partial charge is 0.371 e. The summed E-state index contributed by atoms with van der Waals surface area (Å²) in [5.74, 6) is -0.792. The van der Waals surface area contributed by atoms with E-state index in [0.717, 1.165) is 33.3 Å². The number of hydrogen-bond donors (Lipinski definition) is 1. The topological polar surface area (TPSA) is 75.5 Å². The monoisotopic (exact) mass is 427 g/mol. The highest BCUT2D eigenvalue weighted by molar-refractivity contribution is 5.89. The molecule has 31 heavy (non-hydrogen) atoms. The lowest BCUT2D eigenvalue weighted by atomic mass is 9.94. The van der Waals surface area contributed by atoms with E-state index in [4.69, 9.17) is 0 Å². The van der Waals surface area contributed by atoms with Gasteiger partial charge >= 0.3 is 6.18 Å². The standard InChI is InChI=1S/C21H20F3N7/c1-30-19-5-2-13(10-14(19)12-25-30)17-4-3-16(11-18(17)20-26-28-29-27-20)31-8-6-15(7-9-31)21(22,23)24/h2-5,10-12,15H,6-9H2,1H3,(H,26,27,28,29). The predicted molar refractivity (Wildman–Crippen MR) is 110 cm³/mol. The number of fused-ring (bicyclic) bond motifs is 1. The summed E-state index contributed by atoms with van der Waals surface area (Å²) in [6.07, 6.45) is -2.12. The summed E-state index contributed by atoms with van der Waals surface area (Å²) < 4.78 is 40.9. The van der Waals surface area contributed by atoms with Crippen LogP contribution in [0.1, 0.15) is 12.8 Å². The molecular formula is C21H20F3N7. The molecule has 1 N–H and O–H groups in total. The van der Waals surface area contributed by atoms with Gasteiger partial charge in [0.25, 0.3) is 0 Å². The van der Waals surface area contributed by atoms with Crippen LogP contribution < -0.4 is 4.90 Å². The number of aromatic amines is 1. The maximum absolute atomic E-state index is 13.0. The number of aryl methyl sites for hydroxylation is 1. The van der Waals surface area contributed by atoms with Gasteiger partial charge < -0.3 is 4.90 Å². The highest BCUT2D eigenvalue weighted by atomic mass is 19.4. The van der Waals surface area contributed by atoms with Crippen LogP contribution in [0.4, 0.5) is 18.9 Å². The van der Waals surface area contributed by atoms with Gasteiger partial charge in [0.1, 0.15) is 0 Å². The number of alkyl halides is 3. The normalized spacial score (nSPS) is 15.7. The van der Waals surface area contributed by atoms with Gasteiger partial charge in [0.05, 0.1) is 17.6 Å². The average molecular weight is 427 g/mol. The number of rotatable bonds is 3. The Morgan fingerprint density at radius 2 is 1.84 bits per heavy atom. The summed E-state index contributed by atoms with van der Waals surface area (Å²) in [4.78, 5) is 1.99. The molecule has 1 fully saturated rings. The van der Waals surface area contributed by atoms with Crippen molar-refractivity contribution in [3.05, 3.63) is 42.6 Å². The number of anilines is 1. The van der Waals surface area contributed by atoms with Crippen LogP contribution in [-0.4, -0.2) is 49.7 Å². The minimum absolute atomic E-state index is 0.0977. The maximum Gasteiger partial charge on any atom is 0.391 e. The summed E-state index contributed by atoms with van der Waals surface area (Å²) in [6.45, 7) is 0.716. The Hall–Kier alpha value is -3.43. The molecule has 0 saturated carbocycles. The van der Waals surface area contributed by atoms with Gasteiger partial charge in [-0.25, -0.2) is 0 Å². The van der Waals surface area contributed by atoms with E-state index in [1.807, 2.05) is 53.2 Å². The van der Waals surface area contributed by atoms with Crippen molar-refractivity contribution in [2.24, 2.45) is 13.0 Å². The minimum Gasteiger partial charge on any atom is -0.371 e. The fourth-order valence-electron chi connectivity index (χ4n) is 4.24. The van der Waals surface area contributed by atoms with Crippen LogP contribution in [-0.2, 0) is 7.05 Å². The van der Waals surface area contributed by atoms with E-state index in [9.17, 15) is 13.2 Å². The van der Waals surface area contributed by atoms with Gasteiger partial charge in [-0.1, -0.05) is 12.1 Å². The molecular weight excluding hydrogens is 407 g/mol. The lowest BCUT2D eigenvalue weighted by Gasteiger charge is -2.34. The Morgan fingerprint density at radius 1 is 1.03 bits per heavy atom. The van der Waals surface area contributed by atoms with Gasteiger partial charge in [-0.2, -0.15) is 23.5 Å². The van der Waals surface area contributed by atoms with Crippen LogP contribution in [0.25, 0.3) is 33.4 Å². The Bertz CT molecular complexity index is 1210. The van der Waals surface area contributed by atoms with Crippen molar-refractivity contribution in [3.8, 4) is 22.5 Å². The lowest BCUT2D eigenvalue weighted by molar-refractivity contribution is -0.179. The van der Waals surface area contributed by atoms with Crippen LogP contribution in [0.3, 0.4) is 0 Å². The molecule has 0 radical (unpaired) electrons. The molecule has 2 aromatic carbocycles. The number of H-pyrrole nitrogens is 1. The van der Waals surface area contributed by atoms with Gasteiger partial charge in [-0.3, -0.25) is 4.68 Å². The Morgan fingerprint density at radius 3 is 2.55 bits per heavy atom. The van der Waals surface area contributed by atoms with E-state index >= 15 is 0 Å². The summed E-state index contributed by atoms with van der Waals surface area (Å²) in [7, 11) is 1.89. The predicted octanol–water partition coefficient (Wildman–Crippen LogP) is 4.20. The highest BCUT2D eigenvalue weighted by Crippen LogP contribution is 2.38. The zero-order chi connectivity index (χ0) is 21.6. The van der Waals surface area contributed by atoms with Gasteiger partial charge in [0.15, 0.2) is 0 Å². The fraction of sp³-hybridized carbons (Fsp3) is 0.333. The summed E-state index contributed by atoms with van der Waals surface area (Å²) in [5, 5.41) is 19.7. The quantitative estimate of drug-likeness (QED) is 0.530. The second-order valence-electron chi connectivity index (χ2n) is 7.81.